The van der Waals surface area contributed by atoms with Gasteiger partial charge in [-0.25, -0.2) is 0 Å². The van der Waals surface area contributed by atoms with Crippen LogP contribution in [0.15, 0.2) is 41.8 Å². The van der Waals surface area contributed by atoms with Crippen LogP contribution in [0.1, 0.15) is 10.4 Å². The van der Waals surface area contributed by atoms with Gasteiger partial charge in [-0.15, -0.1) is 11.3 Å². The summed E-state index contributed by atoms with van der Waals surface area (Å²) in [6.45, 7) is 0. The molecule has 2 aromatic carbocycles. The number of anilines is 2. The van der Waals surface area contributed by atoms with E-state index in [2.05, 4.69) is 5.32 Å². The number of halogens is 2. The highest BCUT2D eigenvalue weighted by Gasteiger charge is 2.14. The number of nitrogen functional groups attached to an aromatic ring is 1. The van der Waals surface area contributed by atoms with Gasteiger partial charge in [0, 0.05) is 16.1 Å². The first-order valence-corrected chi connectivity index (χ1v) is 7.71. The molecule has 106 valence electrons. The Morgan fingerprint density at radius 2 is 1.95 bits per heavy atom. The Bertz CT molecular complexity index is 845. The number of thiophene rings is 1. The number of hydrogen-bond donors (Lipinski definition) is 2. The van der Waals surface area contributed by atoms with Gasteiger partial charge in [0.2, 0.25) is 0 Å². The van der Waals surface area contributed by atoms with Crippen molar-refractivity contribution in [2.45, 2.75) is 0 Å². The van der Waals surface area contributed by atoms with Gasteiger partial charge in [0.25, 0.3) is 5.91 Å². The number of benzene rings is 2. The van der Waals surface area contributed by atoms with Crippen molar-refractivity contribution in [1.82, 2.24) is 0 Å². The van der Waals surface area contributed by atoms with Crippen LogP contribution in [0.4, 0.5) is 11.4 Å². The molecular formula is C15H10Cl2N2OS. The number of hydrogen-bond acceptors (Lipinski definition) is 3. The summed E-state index contributed by atoms with van der Waals surface area (Å²) >= 11 is 13.6. The second-order valence-corrected chi connectivity index (χ2v) is 6.22. The van der Waals surface area contributed by atoms with E-state index in [-0.39, 0.29) is 21.5 Å². The normalized spacial score (nSPS) is 10.8. The number of rotatable bonds is 2. The zero-order valence-electron chi connectivity index (χ0n) is 10.7. The minimum absolute atomic E-state index is 0.194. The van der Waals surface area contributed by atoms with Crippen LogP contribution in [-0.2, 0) is 0 Å². The highest BCUT2D eigenvalue weighted by Crippen LogP contribution is 2.30. The van der Waals surface area contributed by atoms with Crippen molar-refractivity contribution in [3.63, 3.8) is 0 Å². The lowest BCUT2D eigenvalue weighted by Gasteiger charge is -2.09. The van der Waals surface area contributed by atoms with E-state index in [1.54, 1.807) is 11.3 Å². The quantitative estimate of drug-likeness (QED) is 0.644. The van der Waals surface area contributed by atoms with E-state index >= 15 is 0 Å². The summed E-state index contributed by atoms with van der Waals surface area (Å²) < 4.78 is 1.16. The molecule has 3 N–H and O–H groups in total. The van der Waals surface area contributed by atoms with Crippen molar-refractivity contribution in [3.05, 3.63) is 57.4 Å². The summed E-state index contributed by atoms with van der Waals surface area (Å²) in [7, 11) is 0. The van der Waals surface area contributed by atoms with Crippen molar-refractivity contribution < 1.29 is 4.79 Å². The van der Waals surface area contributed by atoms with E-state index in [4.69, 9.17) is 28.9 Å². The third-order valence-corrected chi connectivity index (χ3v) is 4.71. The van der Waals surface area contributed by atoms with Crippen LogP contribution in [0.2, 0.25) is 10.0 Å². The molecule has 3 rings (SSSR count). The van der Waals surface area contributed by atoms with Crippen LogP contribution in [0, 0.1) is 0 Å². The molecule has 0 saturated heterocycles. The van der Waals surface area contributed by atoms with E-state index < -0.39 is 0 Å². The van der Waals surface area contributed by atoms with E-state index in [9.17, 15) is 4.79 Å². The van der Waals surface area contributed by atoms with Crippen molar-refractivity contribution in [2.24, 2.45) is 0 Å². The molecule has 21 heavy (non-hydrogen) atoms. The molecular weight excluding hydrogens is 327 g/mol. The number of nitrogens with two attached hydrogens (primary N) is 1. The standard InChI is InChI=1S/C15H10Cl2N2OS/c16-12-7-9(18)6-11(14(12)17)15(20)19-10-1-2-13-8(5-10)3-4-21-13/h1-7H,18H2,(H,19,20). The zero-order valence-corrected chi connectivity index (χ0v) is 13.0. The predicted molar refractivity (Wildman–Crippen MR) is 90.7 cm³/mol. The van der Waals surface area contributed by atoms with Gasteiger partial charge in [-0.2, -0.15) is 0 Å². The molecule has 0 aliphatic carbocycles. The number of fused-ring (bicyclic) bond motifs is 1. The summed E-state index contributed by atoms with van der Waals surface area (Å²) in [6, 6.07) is 10.7. The number of amides is 1. The lowest BCUT2D eigenvalue weighted by Crippen LogP contribution is -2.13. The molecule has 0 aliphatic rings. The molecule has 0 unspecified atom stereocenters. The molecule has 1 aromatic heterocycles. The second kappa shape index (κ2) is 5.56. The van der Waals surface area contributed by atoms with Crippen molar-refractivity contribution in [2.75, 3.05) is 11.1 Å². The maximum atomic E-state index is 12.3. The lowest BCUT2D eigenvalue weighted by molar-refractivity contribution is 0.102. The van der Waals surface area contributed by atoms with Gasteiger partial charge in [-0.05, 0) is 47.2 Å². The van der Waals surface area contributed by atoms with Gasteiger partial charge in [-0.3, -0.25) is 4.79 Å². The first-order chi connectivity index (χ1) is 10.0. The predicted octanol–water partition coefficient (Wildman–Crippen LogP) is 5.04. The largest absolute Gasteiger partial charge is 0.399 e. The summed E-state index contributed by atoms with van der Waals surface area (Å²) in [6.07, 6.45) is 0. The smallest absolute Gasteiger partial charge is 0.257 e. The average Bonchev–Trinajstić information content (AvgIpc) is 2.90. The van der Waals surface area contributed by atoms with Crippen LogP contribution in [0.3, 0.4) is 0 Å². The maximum absolute atomic E-state index is 12.3. The van der Waals surface area contributed by atoms with Gasteiger partial charge in [-0.1, -0.05) is 23.2 Å². The van der Waals surface area contributed by atoms with Crippen LogP contribution in [0.25, 0.3) is 10.1 Å². The molecule has 1 amide bonds. The molecule has 3 nitrogen and oxygen atoms in total. The van der Waals surface area contributed by atoms with E-state index in [1.165, 1.54) is 12.1 Å². The number of carbonyl (C=O) groups excluding carboxylic acids is 1. The molecule has 1 heterocycles. The summed E-state index contributed by atoms with van der Waals surface area (Å²) in [5.74, 6) is -0.344. The first kappa shape index (κ1) is 14.2. The van der Waals surface area contributed by atoms with E-state index in [1.807, 2.05) is 29.6 Å². The Morgan fingerprint density at radius 1 is 1.14 bits per heavy atom. The van der Waals surface area contributed by atoms with E-state index in [0.29, 0.717) is 11.4 Å². The van der Waals surface area contributed by atoms with Gasteiger partial charge in [0.05, 0.1) is 15.6 Å². The molecule has 0 aliphatic heterocycles. The minimum atomic E-state index is -0.344. The average molecular weight is 337 g/mol. The number of nitrogens with one attached hydrogen (secondary N) is 1. The molecule has 0 atom stereocenters. The Balaban J connectivity index is 1.92. The molecule has 6 heteroatoms. The molecule has 0 spiro atoms. The van der Waals surface area contributed by atoms with Crippen LogP contribution in [0.5, 0.6) is 0 Å². The van der Waals surface area contributed by atoms with Crippen LogP contribution < -0.4 is 11.1 Å². The second-order valence-electron chi connectivity index (χ2n) is 4.49. The minimum Gasteiger partial charge on any atom is -0.399 e. The van der Waals surface area contributed by atoms with Crippen molar-refractivity contribution in [3.8, 4) is 0 Å². The molecule has 3 aromatic rings. The Kier molecular flexibility index (Phi) is 3.76. The first-order valence-electron chi connectivity index (χ1n) is 6.08. The molecule has 0 radical (unpaired) electrons. The summed E-state index contributed by atoms with van der Waals surface area (Å²) in [4.78, 5) is 12.3. The monoisotopic (exact) mass is 336 g/mol. The SMILES string of the molecule is Nc1cc(Cl)c(Cl)c(C(=O)Nc2ccc3sccc3c2)c1. The maximum Gasteiger partial charge on any atom is 0.257 e. The fourth-order valence-corrected chi connectivity index (χ4v) is 3.21. The Labute approximate surface area is 135 Å². The van der Waals surface area contributed by atoms with E-state index in [0.717, 1.165) is 10.1 Å². The molecule has 0 fully saturated rings. The highest BCUT2D eigenvalue weighted by atomic mass is 35.5. The van der Waals surface area contributed by atoms with Crippen molar-refractivity contribution >= 4 is 61.9 Å². The lowest BCUT2D eigenvalue weighted by atomic mass is 10.1. The van der Waals surface area contributed by atoms with Gasteiger partial charge >= 0.3 is 0 Å². The topological polar surface area (TPSA) is 55.1 Å². The fourth-order valence-electron chi connectivity index (χ4n) is 2.02. The zero-order chi connectivity index (χ0) is 15.0. The summed E-state index contributed by atoms with van der Waals surface area (Å²) in [5, 5.41) is 6.34. The third-order valence-electron chi connectivity index (χ3n) is 3.01. The number of carbonyl (C=O) groups is 1. The van der Waals surface area contributed by atoms with Crippen LogP contribution in [-0.4, -0.2) is 5.91 Å². The molecule has 0 saturated carbocycles. The highest BCUT2D eigenvalue weighted by molar-refractivity contribution is 7.17. The van der Waals surface area contributed by atoms with Crippen molar-refractivity contribution in [1.29, 1.82) is 0 Å². The third kappa shape index (κ3) is 2.83. The van der Waals surface area contributed by atoms with Gasteiger partial charge < -0.3 is 11.1 Å². The summed E-state index contributed by atoms with van der Waals surface area (Å²) in [5.41, 5.74) is 7.04. The Hall–Kier alpha value is -1.75. The van der Waals surface area contributed by atoms with Gasteiger partial charge in [0.15, 0.2) is 0 Å². The Morgan fingerprint density at radius 3 is 2.76 bits per heavy atom. The fraction of sp³-hybridized carbons (Fsp3) is 0. The van der Waals surface area contributed by atoms with Gasteiger partial charge in [0.1, 0.15) is 0 Å². The van der Waals surface area contributed by atoms with Crippen LogP contribution >= 0.6 is 34.5 Å². The molecule has 0 bridgehead atoms.